The second-order valence-electron chi connectivity index (χ2n) is 3.29. The van der Waals surface area contributed by atoms with E-state index in [1.807, 2.05) is 30.5 Å². The Morgan fingerprint density at radius 3 is 3.31 bits per heavy atom. The van der Waals surface area contributed by atoms with E-state index in [0.29, 0.717) is 6.54 Å². The van der Waals surface area contributed by atoms with Crippen molar-refractivity contribution in [2.24, 2.45) is 5.11 Å². The minimum Gasteiger partial charge on any atom is -0.346 e. The van der Waals surface area contributed by atoms with E-state index in [1.165, 1.54) is 0 Å². The van der Waals surface area contributed by atoms with Crippen LogP contribution in [0.1, 0.15) is 12.0 Å². The van der Waals surface area contributed by atoms with E-state index >= 15 is 0 Å². The van der Waals surface area contributed by atoms with Crippen molar-refractivity contribution < 1.29 is 0 Å². The molecule has 2 heterocycles. The zero-order valence-electron chi connectivity index (χ0n) is 8.67. The fourth-order valence-electron chi connectivity index (χ4n) is 1.51. The topological polar surface area (TPSA) is 77.4 Å². The van der Waals surface area contributed by atoms with Gasteiger partial charge in [-0.15, -0.1) is 0 Å². The molecule has 0 aliphatic heterocycles. The molecule has 0 atom stereocenters. The van der Waals surface area contributed by atoms with Crippen molar-refractivity contribution in [2.45, 2.75) is 6.42 Å². The third kappa shape index (κ3) is 2.21. The van der Waals surface area contributed by atoms with Crippen molar-refractivity contribution in [1.29, 1.82) is 0 Å². The Balaban J connectivity index is 2.14. The van der Waals surface area contributed by atoms with Gasteiger partial charge in [0.05, 0.1) is 0 Å². The minimum absolute atomic E-state index is 0.494. The van der Waals surface area contributed by atoms with Gasteiger partial charge in [0.15, 0.2) is 0 Å². The first kappa shape index (κ1) is 10.3. The maximum atomic E-state index is 8.12. The van der Waals surface area contributed by atoms with Crippen LogP contribution in [-0.4, -0.2) is 16.5 Å². The van der Waals surface area contributed by atoms with E-state index in [0.717, 1.165) is 23.0 Å². The number of aromatic amines is 1. The predicted molar refractivity (Wildman–Crippen MR) is 63.8 cm³/mol. The second-order valence-corrected chi connectivity index (χ2v) is 3.29. The summed E-state index contributed by atoms with van der Waals surface area (Å²) >= 11 is 0. The van der Waals surface area contributed by atoms with Gasteiger partial charge in [-0.3, -0.25) is 0 Å². The number of hydrogen-bond acceptors (Lipinski definition) is 2. The Bertz CT molecular complexity index is 548. The fourth-order valence-corrected chi connectivity index (χ4v) is 1.51. The molecule has 0 fully saturated rings. The largest absolute Gasteiger partial charge is 0.346 e. The second kappa shape index (κ2) is 5.00. The van der Waals surface area contributed by atoms with Gasteiger partial charge in [-0.05, 0) is 29.6 Å². The van der Waals surface area contributed by atoms with E-state index in [4.69, 9.17) is 5.53 Å². The Kier molecular flexibility index (Phi) is 3.21. The summed E-state index contributed by atoms with van der Waals surface area (Å²) in [4.78, 5) is 9.96. The number of hydrogen-bond donors (Lipinski definition) is 1. The normalized spacial score (nSPS) is 10.8. The van der Waals surface area contributed by atoms with E-state index in [-0.39, 0.29) is 0 Å². The standard InChI is InChI=1S/C11H11N5/c12-16-15-6-2-1-3-9-4-7-13-11-10(9)5-8-14-11/h1,3-5,7-8H,2,6H2,(H,13,14). The maximum absolute atomic E-state index is 8.12. The third-order valence-electron chi connectivity index (χ3n) is 2.25. The number of aromatic nitrogens is 2. The van der Waals surface area contributed by atoms with Crippen LogP contribution in [-0.2, 0) is 0 Å². The SMILES string of the molecule is [N-]=[N+]=NCCC=Cc1ccnc2[nH]ccc12. The van der Waals surface area contributed by atoms with Crippen LogP contribution in [0.2, 0.25) is 0 Å². The first-order valence-electron chi connectivity index (χ1n) is 5.01. The van der Waals surface area contributed by atoms with Gasteiger partial charge in [-0.25, -0.2) is 4.98 Å². The van der Waals surface area contributed by atoms with E-state index in [9.17, 15) is 0 Å². The van der Waals surface area contributed by atoms with Gasteiger partial charge >= 0.3 is 0 Å². The summed E-state index contributed by atoms with van der Waals surface area (Å²) in [7, 11) is 0. The van der Waals surface area contributed by atoms with Crippen LogP contribution in [0.15, 0.2) is 35.7 Å². The highest BCUT2D eigenvalue weighted by Gasteiger charge is 1.98. The van der Waals surface area contributed by atoms with E-state index < -0.39 is 0 Å². The molecule has 0 aliphatic rings. The highest BCUT2D eigenvalue weighted by atomic mass is 15.1. The number of nitrogens with zero attached hydrogens (tertiary/aromatic N) is 4. The monoisotopic (exact) mass is 213 g/mol. The van der Waals surface area contributed by atoms with Crippen molar-refractivity contribution in [3.63, 3.8) is 0 Å². The van der Waals surface area contributed by atoms with Crippen LogP contribution in [0.4, 0.5) is 0 Å². The van der Waals surface area contributed by atoms with Crippen molar-refractivity contribution in [3.05, 3.63) is 46.6 Å². The molecule has 0 saturated carbocycles. The molecule has 1 N–H and O–H groups in total. The molecule has 2 rings (SSSR count). The Labute approximate surface area is 92.4 Å². The van der Waals surface area contributed by atoms with Gasteiger partial charge in [0.25, 0.3) is 0 Å². The van der Waals surface area contributed by atoms with Gasteiger partial charge in [-0.1, -0.05) is 17.3 Å². The molecule has 2 aromatic heterocycles. The molecule has 0 radical (unpaired) electrons. The molecule has 5 heteroatoms. The van der Waals surface area contributed by atoms with Crippen LogP contribution in [0.25, 0.3) is 27.6 Å². The summed E-state index contributed by atoms with van der Waals surface area (Å²) in [6, 6.07) is 3.95. The summed E-state index contributed by atoms with van der Waals surface area (Å²) in [5.74, 6) is 0. The number of fused-ring (bicyclic) bond motifs is 1. The van der Waals surface area contributed by atoms with Gasteiger partial charge < -0.3 is 4.98 Å². The number of pyridine rings is 1. The smallest absolute Gasteiger partial charge is 0.137 e. The summed E-state index contributed by atoms with van der Waals surface area (Å²) in [5.41, 5.74) is 10.1. The zero-order chi connectivity index (χ0) is 11.2. The van der Waals surface area contributed by atoms with Crippen molar-refractivity contribution in [3.8, 4) is 0 Å². The van der Waals surface area contributed by atoms with Crippen LogP contribution in [0, 0.1) is 0 Å². The Morgan fingerprint density at radius 1 is 1.50 bits per heavy atom. The molecule has 0 saturated heterocycles. The first-order chi connectivity index (χ1) is 7.92. The molecule has 2 aromatic rings. The van der Waals surface area contributed by atoms with Crippen molar-refractivity contribution >= 4 is 17.1 Å². The quantitative estimate of drug-likeness (QED) is 0.359. The molecule has 0 unspecified atom stereocenters. The molecule has 0 aromatic carbocycles. The number of H-pyrrole nitrogens is 1. The lowest BCUT2D eigenvalue weighted by atomic mass is 10.1. The van der Waals surface area contributed by atoms with Gasteiger partial charge in [-0.2, -0.15) is 0 Å². The van der Waals surface area contributed by atoms with Crippen LogP contribution in [0.5, 0.6) is 0 Å². The molecule has 16 heavy (non-hydrogen) atoms. The van der Waals surface area contributed by atoms with Crippen LogP contribution in [0.3, 0.4) is 0 Å². The Morgan fingerprint density at radius 2 is 2.44 bits per heavy atom. The predicted octanol–water partition coefficient (Wildman–Crippen LogP) is 3.28. The highest BCUT2D eigenvalue weighted by Crippen LogP contribution is 2.16. The van der Waals surface area contributed by atoms with Crippen molar-refractivity contribution in [1.82, 2.24) is 9.97 Å². The number of rotatable bonds is 4. The average Bonchev–Trinajstić information content (AvgIpc) is 2.77. The molecule has 0 spiro atoms. The van der Waals surface area contributed by atoms with Crippen molar-refractivity contribution in [2.75, 3.05) is 6.54 Å². The molecule has 0 bridgehead atoms. The lowest BCUT2D eigenvalue weighted by Gasteiger charge is -1.95. The molecule has 80 valence electrons. The van der Waals surface area contributed by atoms with Gasteiger partial charge in [0, 0.05) is 29.2 Å². The van der Waals surface area contributed by atoms with E-state index in [2.05, 4.69) is 20.0 Å². The lowest BCUT2D eigenvalue weighted by molar-refractivity contribution is 0.996. The van der Waals surface area contributed by atoms with Crippen LogP contribution < -0.4 is 0 Å². The summed E-state index contributed by atoms with van der Waals surface area (Å²) < 4.78 is 0. The fraction of sp³-hybridized carbons (Fsp3) is 0.182. The van der Waals surface area contributed by atoms with Crippen LogP contribution >= 0.6 is 0 Å². The molecular formula is C11H11N5. The third-order valence-corrected chi connectivity index (χ3v) is 2.25. The molecule has 0 aliphatic carbocycles. The number of nitrogens with one attached hydrogen (secondary N) is 1. The van der Waals surface area contributed by atoms with E-state index in [1.54, 1.807) is 6.20 Å². The minimum atomic E-state index is 0.494. The average molecular weight is 213 g/mol. The summed E-state index contributed by atoms with van der Waals surface area (Å²) in [5, 5.41) is 4.57. The van der Waals surface area contributed by atoms with Gasteiger partial charge in [0.2, 0.25) is 0 Å². The summed E-state index contributed by atoms with van der Waals surface area (Å²) in [6.45, 7) is 0.494. The molecular weight excluding hydrogens is 202 g/mol. The maximum Gasteiger partial charge on any atom is 0.137 e. The zero-order valence-corrected chi connectivity index (χ0v) is 8.67. The summed E-state index contributed by atoms with van der Waals surface area (Å²) in [6.07, 6.45) is 8.40. The molecule has 5 nitrogen and oxygen atoms in total. The molecule has 0 amide bonds. The first-order valence-corrected chi connectivity index (χ1v) is 5.01. The number of azide groups is 1. The highest BCUT2D eigenvalue weighted by molar-refractivity contribution is 5.85. The lowest BCUT2D eigenvalue weighted by Crippen LogP contribution is -1.79. The Hall–Kier alpha value is -2.26. The van der Waals surface area contributed by atoms with Gasteiger partial charge in [0.1, 0.15) is 5.65 Å².